The zero-order chi connectivity index (χ0) is 17.7. The van der Waals surface area contributed by atoms with Crippen LogP contribution in [0.25, 0.3) is 0 Å². The number of amides is 2. The molecule has 3 fully saturated rings. The lowest BCUT2D eigenvalue weighted by Crippen LogP contribution is -2.54. The first-order valence-electron chi connectivity index (χ1n) is 9.55. The van der Waals surface area contributed by atoms with Crippen LogP contribution in [0.1, 0.15) is 38.5 Å². The average molecular weight is 347 g/mol. The molecule has 0 atom stereocenters. The van der Waals surface area contributed by atoms with Crippen LogP contribution in [0.15, 0.2) is 0 Å². The van der Waals surface area contributed by atoms with E-state index in [9.17, 15) is 14.9 Å². The van der Waals surface area contributed by atoms with Crippen molar-refractivity contribution in [3.8, 4) is 6.07 Å². The van der Waals surface area contributed by atoms with Gasteiger partial charge < -0.3 is 10.2 Å². The van der Waals surface area contributed by atoms with Crippen molar-refractivity contribution in [2.24, 2.45) is 0 Å². The van der Waals surface area contributed by atoms with E-state index in [2.05, 4.69) is 21.2 Å². The third-order valence-corrected chi connectivity index (χ3v) is 5.70. The van der Waals surface area contributed by atoms with Crippen molar-refractivity contribution >= 4 is 11.8 Å². The third kappa shape index (κ3) is 4.71. The molecule has 2 saturated heterocycles. The fraction of sp³-hybridized carbons (Fsp3) is 0.833. The summed E-state index contributed by atoms with van der Waals surface area (Å²) in [6.45, 7) is 5.86. The van der Waals surface area contributed by atoms with E-state index in [4.69, 9.17) is 0 Å². The fourth-order valence-corrected chi connectivity index (χ4v) is 4.12. The number of rotatable bonds is 5. The van der Waals surface area contributed by atoms with Crippen LogP contribution in [0.5, 0.6) is 0 Å². The topological polar surface area (TPSA) is 79.7 Å². The summed E-state index contributed by atoms with van der Waals surface area (Å²) in [4.78, 5) is 30.8. The van der Waals surface area contributed by atoms with Crippen LogP contribution < -0.4 is 5.32 Å². The van der Waals surface area contributed by atoms with Crippen molar-refractivity contribution in [1.82, 2.24) is 20.0 Å². The quantitative estimate of drug-likeness (QED) is 0.767. The molecule has 0 aromatic carbocycles. The van der Waals surface area contributed by atoms with Gasteiger partial charge in [-0.3, -0.25) is 19.4 Å². The molecule has 1 saturated carbocycles. The Balaban J connectivity index is 1.38. The third-order valence-electron chi connectivity index (χ3n) is 5.70. The van der Waals surface area contributed by atoms with Crippen molar-refractivity contribution in [3.05, 3.63) is 0 Å². The Labute approximate surface area is 149 Å². The molecule has 0 radical (unpaired) electrons. The molecule has 0 spiro atoms. The lowest BCUT2D eigenvalue weighted by molar-refractivity contribution is -0.132. The molecule has 1 N–H and O–H groups in total. The van der Waals surface area contributed by atoms with Crippen molar-refractivity contribution in [3.63, 3.8) is 0 Å². The molecule has 0 aromatic rings. The lowest BCUT2D eigenvalue weighted by atomic mass is 10.00. The molecule has 0 unspecified atom stereocenters. The van der Waals surface area contributed by atoms with E-state index >= 15 is 0 Å². The van der Waals surface area contributed by atoms with Gasteiger partial charge in [-0.25, -0.2) is 0 Å². The van der Waals surface area contributed by atoms with E-state index in [1.807, 2.05) is 4.90 Å². The highest BCUT2D eigenvalue weighted by molar-refractivity contribution is 5.79. The Morgan fingerprint density at radius 2 is 1.44 bits per heavy atom. The normalized spacial score (nSPS) is 24.2. The van der Waals surface area contributed by atoms with Crippen LogP contribution >= 0.6 is 0 Å². The standard InChI is InChI=1S/C18H29N5O2/c19-15-18(5-1-2-6-18)20-16(24)13-21-9-11-22(12-10-21)14-17(25)23-7-3-4-8-23/h1-14H2,(H,20,24). The lowest BCUT2D eigenvalue weighted by Gasteiger charge is -2.35. The summed E-state index contributed by atoms with van der Waals surface area (Å²) in [6.07, 6.45) is 5.80. The molecule has 0 bridgehead atoms. The van der Waals surface area contributed by atoms with Crippen molar-refractivity contribution < 1.29 is 9.59 Å². The minimum Gasteiger partial charge on any atom is -0.342 e. The smallest absolute Gasteiger partial charge is 0.236 e. The number of nitrogens with zero attached hydrogens (tertiary/aromatic N) is 4. The van der Waals surface area contributed by atoms with Gasteiger partial charge in [0, 0.05) is 39.3 Å². The minimum atomic E-state index is -0.638. The Bertz CT molecular complexity index is 524. The number of nitrogens with one attached hydrogen (secondary N) is 1. The van der Waals surface area contributed by atoms with E-state index in [-0.39, 0.29) is 11.8 Å². The number of likely N-dealkylation sites (tertiary alicyclic amines) is 1. The second-order valence-corrected chi connectivity index (χ2v) is 7.59. The molecule has 25 heavy (non-hydrogen) atoms. The van der Waals surface area contributed by atoms with Crippen LogP contribution in [0.3, 0.4) is 0 Å². The first-order chi connectivity index (χ1) is 12.1. The van der Waals surface area contributed by atoms with Gasteiger partial charge in [0.2, 0.25) is 11.8 Å². The SMILES string of the molecule is N#CC1(NC(=O)CN2CCN(CC(=O)N3CCCC3)CC2)CCCC1. The Morgan fingerprint density at radius 1 is 0.880 bits per heavy atom. The van der Waals surface area contributed by atoms with Crippen LogP contribution in [0, 0.1) is 11.3 Å². The van der Waals surface area contributed by atoms with E-state index in [0.29, 0.717) is 13.1 Å². The van der Waals surface area contributed by atoms with Gasteiger partial charge in [0.25, 0.3) is 0 Å². The molecule has 2 heterocycles. The summed E-state index contributed by atoms with van der Waals surface area (Å²) >= 11 is 0. The summed E-state index contributed by atoms with van der Waals surface area (Å²) in [6, 6.07) is 2.30. The molecule has 7 heteroatoms. The van der Waals surface area contributed by atoms with Gasteiger partial charge in [0.15, 0.2) is 0 Å². The van der Waals surface area contributed by atoms with Gasteiger partial charge in [0.1, 0.15) is 5.54 Å². The number of carbonyl (C=O) groups is 2. The second-order valence-electron chi connectivity index (χ2n) is 7.59. The number of carbonyl (C=O) groups excluding carboxylic acids is 2. The zero-order valence-corrected chi connectivity index (χ0v) is 15.0. The maximum absolute atomic E-state index is 12.3. The average Bonchev–Trinajstić information content (AvgIpc) is 3.29. The summed E-state index contributed by atoms with van der Waals surface area (Å²) in [7, 11) is 0. The van der Waals surface area contributed by atoms with Crippen LogP contribution in [0.4, 0.5) is 0 Å². The van der Waals surface area contributed by atoms with Gasteiger partial charge in [0.05, 0.1) is 19.2 Å². The number of nitriles is 1. The minimum absolute atomic E-state index is 0.0509. The molecule has 2 amide bonds. The molecule has 3 rings (SSSR count). The molecule has 1 aliphatic carbocycles. The predicted octanol–water partition coefficient (Wildman–Crippen LogP) is 0.179. The molecular weight excluding hydrogens is 318 g/mol. The van der Waals surface area contributed by atoms with E-state index < -0.39 is 5.54 Å². The maximum Gasteiger partial charge on any atom is 0.236 e. The summed E-state index contributed by atoms with van der Waals surface area (Å²) in [5, 5.41) is 12.3. The number of hydrogen-bond acceptors (Lipinski definition) is 5. The molecule has 7 nitrogen and oxygen atoms in total. The first kappa shape index (κ1) is 18.2. The molecule has 0 aromatic heterocycles. The van der Waals surface area contributed by atoms with E-state index in [1.165, 1.54) is 0 Å². The first-order valence-corrected chi connectivity index (χ1v) is 9.55. The number of hydrogen-bond donors (Lipinski definition) is 1. The van der Waals surface area contributed by atoms with Gasteiger partial charge in [-0.1, -0.05) is 0 Å². The Morgan fingerprint density at radius 3 is 2.00 bits per heavy atom. The van der Waals surface area contributed by atoms with Crippen molar-refractivity contribution in [1.29, 1.82) is 5.26 Å². The van der Waals surface area contributed by atoms with Gasteiger partial charge >= 0.3 is 0 Å². The predicted molar refractivity (Wildman–Crippen MR) is 93.6 cm³/mol. The van der Waals surface area contributed by atoms with Crippen molar-refractivity contribution in [2.45, 2.75) is 44.1 Å². The monoisotopic (exact) mass is 347 g/mol. The van der Waals surface area contributed by atoms with E-state index in [1.54, 1.807) is 0 Å². The largest absolute Gasteiger partial charge is 0.342 e. The maximum atomic E-state index is 12.3. The van der Waals surface area contributed by atoms with Gasteiger partial charge in [-0.2, -0.15) is 5.26 Å². The van der Waals surface area contributed by atoms with Crippen LogP contribution in [0.2, 0.25) is 0 Å². The Hall–Kier alpha value is -1.65. The van der Waals surface area contributed by atoms with Gasteiger partial charge in [-0.15, -0.1) is 0 Å². The van der Waals surface area contributed by atoms with E-state index in [0.717, 1.165) is 77.8 Å². The molecule has 3 aliphatic rings. The fourth-order valence-electron chi connectivity index (χ4n) is 4.12. The van der Waals surface area contributed by atoms with Crippen molar-refractivity contribution in [2.75, 3.05) is 52.4 Å². The molecular formula is C18H29N5O2. The number of piperazine rings is 1. The highest BCUT2D eigenvalue weighted by atomic mass is 16.2. The Kier molecular flexibility index (Phi) is 5.92. The van der Waals surface area contributed by atoms with Gasteiger partial charge in [-0.05, 0) is 38.5 Å². The highest BCUT2D eigenvalue weighted by Gasteiger charge is 2.35. The van der Waals surface area contributed by atoms with Crippen LogP contribution in [-0.4, -0.2) is 84.4 Å². The van der Waals surface area contributed by atoms with Crippen LogP contribution in [-0.2, 0) is 9.59 Å². The summed E-state index contributed by atoms with van der Waals surface area (Å²) < 4.78 is 0. The molecule has 138 valence electrons. The highest BCUT2D eigenvalue weighted by Crippen LogP contribution is 2.28. The second kappa shape index (κ2) is 8.15. The summed E-state index contributed by atoms with van der Waals surface area (Å²) in [5.41, 5.74) is -0.638. The zero-order valence-electron chi connectivity index (χ0n) is 15.0. The molecule has 2 aliphatic heterocycles. The summed E-state index contributed by atoms with van der Waals surface area (Å²) in [5.74, 6) is 0.186.